The molecular formula is C13H21N3O4S. The van der Waals surface area contributed by atoms with Gasteiger partial charge in [-0.05, 0) is 31.5 Å². The van der Waals surface area contributed by atoms with E-state index >= 15 is 0 Å². The molecular weight excluding hydrogens is 294 g/mol. The van der Waals surface area contributed by atoms with Crippen molar-refractivity contribution in [1.29, 1.82) is 0 Å². The largest absolute Gasteiger partial charge is 0.468 e. The van der Waals surface area contributed by atoms with Crippen molar-refractivity contribution < 1.29 is 19.1 Å². The molecule has 0 spiro atoms. The lowest BCUT2D eigenvalue weighted by atomic mass is 10.0. The SMILES string of the molecule is COC(=O)CNC(=S)N1CCC(N2CCCOC2=O)CC1. The number of carbonyl (C=O) groups is 2. The topological polar surface area (TPSA) is 71.1 Å². The van der Waals surface area contributed by atoms with E-state index in [2.05, 4.69) is 10.1 Å². The number of cyclic esters (lactones) is 1. The van der Waals surface area contributed by atoms with Crippen LogP contribution in [-0.4, -0.2) is 72.9 Å². The lowest BCUT2D eigenvalue weighted by molar-refractivity contribution is -0.139. The summed E-state index contributed by atoms with van der Waals surface area (Å²) < 4.78 is 9.64. The molecule has 2 aliphatic rings. The Morgan fingerprint density at radius 1 is 1.43 bits per heavy atom. The number of hydrogen-bond donors (Lipinski definition) is 1. The molecule has 2 rings (SSSR count). The Morgan fingerprint density at radius 3 is 2.76 bits per heavy atom. The Hall–Kier alpha value is -1.57. The van der Waals surface area contributed by atoms with Crippen LogP contribution in [0.5, 0.6) is 0 Å². The van der Waals surface area contributed by atoms with Crippen LogP contribution >= 0.6 is 12.2 Å². The first-order valence-corrected chi connectivity index (χ1v) is 7.55. The zero-order valence-corrected chi connectivity index (χ0v) is 13.0. The van der Waals surface area contributed by atoms with Gasteiger partial charge >= 0.3 is 12.1 Å². The first-order chi connectivity index (χ1) is 10.1. The van der Waals surface area contributed by atoms with Gasteiger partial charge in [-0.1, -0.05) is 0 Å². The number of likely N-dealkylation sites (tertiary alicyclic amines) is 1. The average molecular weight is 315 g/mol. The number of ether oxygens (including phenoxy) is 2. The number of rotatable bonds is 3. The summed E-state index contributed by atoms with van der Waals surface area (Å²) >= 11 is 5.26. The second-order valence-electron chi connectivity index (χ2n) is 5.11. The first kappa shape index (κ1) is 15.8. The molecule has 1 amide bonds. The summed E-state index contributed by atoms with van der Waals surface area (Å²) in [6.07, 6.45) is 2.40. The van der Waals surface area contributed by atoms with Crippen LogP contribution in [0.4, 0.5) is 4.79 Å². The fourth-order valence-corrected chi connectivity index (χ4v) is 2.87. The maximum atomic E-state index is 11.7. The molecule has 0 aromatic heterocycles. The van der Waals surface area contributed by atoms with Crippen LogP contribution in [0, 0.1) is 0 Å². The molecule has 2 saturated heterocycles. The molecule has 8 heteroatoms. The van der Waals surface area contributed by atoms with E-state index in [9.17, 15) is 9.59 Å². The van der Waals surface area contributed by atoms with Crippen LogP contribution in [0.25, 0.3) is 0 Å². The van der Waals surface area contributed by atoms with E-state index in [4.69, 9.17) is 17.0 Å². The number of amides is 1. The van der Waals surface area contributed by atoms with Crippen LogP contribution in [0.1, 0.15) is 19.3 Å². The number of hydrogen-bond acceptors (Lipinski definition) is 5. The van der Waals surface area contributed by atoms with Gasteiger partial charge in [-0.25, -0.2) is 4.79 Å². The Kier molecular flexibility index (Phi) is 5.60. The molecule has 0 radical (unpaired) electrons. The van der Waals surface area contributed by atoms with Crippen molar-refractivity contribution in [3.8, 4) is 0 Å². The molecule has 0 atom stereocenters. The maximum absolute atomic E-state index is 11.7. The Labute approximate surface area is 129 Å². The van der Waals surface area contributed by atoms with Crippen molar-refractivity contribution in [2.45, 2.75) is 25.3 Å². The van der Waals surface area contributed by atoms with Crippen LogP contribution in [0.3, 0.4) is 0 Å². The zero-order valence-electron chi connectivity index (χ0n) is 12.2. The summed E-state index contributed by atoms with van der Waals surface area (Å²) in [5.74, 6) is -0.344. The number of nitrogens with one attached hydrogen (secondary N) is 1. The van der Waals surface area contributed by atoms with Gasteiger partial charge < -0.3 is 24.6 Å². The van der Waals surface area contributed by atoms with Gasteiger partial charge in [-0.2, -0.15) is 0 Å². The number of piperidine rings is 1. The van der Waals surface area contributed by atoms with Gasteiger partial charge in [0, 0.05) is 25.7 Å². The highest BCUT2D eigenvalue weighted by molar-refractivity contribution is 7.80. The van der Waals surface area contributed by atoms with Gasteiger partial charge in [0.25, 0.3) is 0 Å². The van der Waals surface area contributed by atoms with Gasteiger partial charge in [0.15, 0.2) is 5.11 Å². The second-order valence-corrected chi connectivity index (χ2v) is 5.50. The molecule has 0 saturated carbocycles. The molecule has 7 nitrogen and oxygen atoms in total. The van der Waals surface area contributed by atoms with Crippen LogP contribution in [0.2, 0.25) is 0 Å². The third-order valence-corrected chi connectivity index (χ3v) is 4.21. The molecule has 0 aromatic rings. The number of carbonyl (C=O) groups excluding carboxylic acids is 2. The van der Waals surface area contributed by atoms with Crippen LogP contribution in [0.15, 0.2) is 0 Å². The van der Waals surface area contributed by atoms with Gasteiger partial charge in [0.2, 0.25) is 0 Å². The summed E-state index contributed by atoms with van der Waals surface area (Å²) in [6.45, 7) is 2.90. The molecule has 2 aliphatic heterocycles. The Bertz CT molecular complexity index is 410. The minimum absolute atomic E-state index is 0.0771. The van der Waals surface area contributed by atoms with Gasteiger partial charge in [-0.15, -0.1) is 0 Å². The molecule has 1 N–H and O–H groups in total. The number of thiocarbonyl (C=S) groups is 1. The summed E-state index contributed by atoms with van der Waals surface area (Å²) in [6, 6.07) is 0.220. The fourth-order valence-electron chi connectivity index (χ4n) is 2.61. The molecule has 0 aromatic carbocycles. The van der Waals surface area contributed by atoms with E-state index in [0.29, 0.717) is 11.7 Å². The van der Waals surface area contributed by atoms with Crippen molar-refractivity contribution >= 4 is 29.4 Å². The van der Waals surface area contributed by atoms with Crippen molar-refractivity contribution in [2.75, 3.05) is 39.9 Å². The second kappa shape index (κ2) is 7.44. The molecule has 0 aliphatic carbocycles. The molecule has 2 heterocycles. The van der Waals surface area contributed by atoms with Crippen molar-refractivity contribution in [3.63, 3.8) is 0 Å². The lowest BCUT2D eigenvalue weighted by Gasteiger charge is -2.40. The third kappa shape index (κ3) is 4.20. The molecule has 2 fully saturated rings. The quantitative estimate of drug-likeness (QED) is 0.595. The van der Waals surface area contributed by atoms with Gasteiger partial charge in [-0.3, -0.25) is 4.79 Å². The fraction of sp³-hybridized carbons (Fsp3) is 0.769. The molecule has 0 bridgehead atoms. The number of esters is 1. The highest BCUT2D eigenvalue weighted by Crippen LogP contribution is 2.20. The summed E-state index contributed by atoms with van der Waals surface area (Å²) in [5, 5.41) is 3.44. The van der Waals surface area contributed by atoms with Gasteiger partial charge in [0.1, 0.15) is 6.54 Å². The standard InChI is InChI=1S/C13H21N3O4S/c1-19-11(17)9-14-12(21)15-6-3-10(4-7-15)16-5-2-8-20-13(16)18/h10H,2-9H2,1H3,(H,14,21). The minimum atomic E-state index is -0.344. The normalized spacial score (nSPS) is 20.0. The maximum Gasteiger partial charge on any atom is 0.410 e. The Morgan fingerprint density at radius 2 is 2.14 bits per heavy atom. The number of nitrogens with zero attached hydrogens (tertiary/aromatic N) is 2. The van der Waals surface area contributed by atoms with E-state index < -0.39 is 0 Å². The number of methoxy groups -OCH3 is 1. The predicted octanol–water partition coefficient (Wildman–Crippen LogP) is 0.341. The van der Waals surface area contributed by atoms with E-state index in [1.54, 1.807) is 0 Å². The Balaban J connectivity index is 1.76. The monoisotopic (exact) mass is 315 g/mol. The van der Waals surface area contributed by atoms with Crippen molar-refractivity contribution in [1.82, 2.24) is 15.1 Å². The van der Waals surface area contributed by atoms with Crippen molar-refractivity contribution in [2.24, 2.45) is 0 Å². The highest BCUT2D eigenvalue weighted by Gasteiger charge is 2.31. The molecule has 118 valence electrons. The van der Waals surface area contributed by atoms with Crippen LogP contribution in [-0.2, 0) is 14.3 Å². The average Bonchev–Trinajstić information content (AvgIpc) is 2.53. The summed E-state index contributed by atoms with van der Waals surface area (Å²) in [4.78, 5) is 26.6. The first-order valence-electron chi connectivity index (χ1n) is 7.15. The minimum Gasteiger partial charge on any atom is -0.468 e. The van der Waals surface area contributed by atoms with E-state index in [0.717, 1.165) is 38.9 Å². The summed E-state index contributed by atoms with van der Waals surface area (Å²) in [7, 11) is 1.34. The van der Waals surface area contributed by atoms with E-state index in [-0.39, 0.29) is 24.6 Å². The summed E-state index contributed by atoms with van der Waals surface area (Å²) in [5.41, 5.74) is 0. The third-order valence-electron chi connectivity index (χ3n) is 3.81. The van der Waals surface area contributed by atoms with E-state index in [1.165, 1.54) is 7.11 Å². The molecule has 21 heavy (non-hydrogen) atoms. The van der Waals surface area contributed by atoms with Crippen molar-refractivity contribution in [3.05, 3.63) is 0 Å². The lowest BCUT2D eigenvalue weighted by Crippen LogP contribution is -2.52. The molecule has 0 unspecified atom stereocenters. The zero-order chi connectivity index (χ0) is 15.2. The smallest absolute Gasteiger partial charge is 0.410 e. The van der Waals surface area contributed by atoms with Crippen LogP contribution < -0.4 is 5.32 Å². The van der Waals surface area contributed by atoms with Gasteiger partial charge in [0.05, 0.1) is 13.7 Å². The van der Waals surface area contributed by atoms with E-state index in [1.807, 2.05) is 9.80 Å². The highest BCUT2D eigenvalue weighted by atomic mass is 32.1. The predicted molar refractivity (Wildman–Crippen MR) is 79.9 cm³/mol.